The van der Waals surface area contributed by atoms with Crippen LogP contribution < -0.4 is 10.5 Å². The van der Waals surface area contributed by atoms with Crippen molar-refractivity contribution in [2.24, 2.45) is 11.7 Å². The summed E-state index contributed by atoms with van der Waals surface area (Å²) in [6.45, 7) is 0. The summed E-state index contributed by atoms with van der Waals surface area (Å²) in [5.41, 5.74) is 5.83. The van der Waals surface area contributed by atoms with Gasteiger partial charge >= 0.3 is 0 Å². The molecule has 2 saturated carbocycles. The Hall–Kier alpha value is 0.160. The first kappa shape index (κ1) is 17.2. The molecule has 2 aliphatic carbocycles. The molecule has 3 N–H and O–H groups in total. The van der Waals surface area contributed by atoms with Crippen LogP contribution in [-0.4, -0.2) is 26.3 Å². The standard InChI is InChI=1S/C13H26N2O2S.ClH/c14-12-6-8-13(9-7-12)15-18(16,17)10-11-4-2-1-3-5-11;/h11-13,15H,1-10,14H2;1H. The highest BCUT2D eigenvalue weighted by molar-refractivity contribution is 7.89. The summed E-state index contributed by atoms with van der Waals surface area (Å²) in [5.74, 6) is 0.706. The van der Waals surface area contributed by atoms with E-state index in [1.54, 1.807) is 0 Å². The van der Waals surface area contributed by atoms with Gasteiger partial charge in [0.2, 0.25) is 10.0 Å². The fourth-order valence-corrected chi connectivity index (χ4v) is 5.00. The minimum Gasteiger partial charge on any atom is -0.328 e. The van der Waals surface area contributed by atoms with Gasteiger partial charge in [0.15, 0.2) is 0 Å². The highest BCUT2D eigenvalue weighted by Gasteiger charge is 2.26. The Morgan fingerprint density at radius 1 is 0.947 bits per heavy atom. The Bertz CT molecular complexity index is 348. The van der Waals surface area contributed by atoms with E-state index in [-0.39, 0.29) is 24.5 Å². The maximum Gasteiger partial charge on any atom is 0.212 e. The molecule has 2 fully saturated rings. The Kier molecular flexibility index (Phi) is 7.08. The molecule has 0 spiro atoms. The fourth-order valence-electron chi connectivity index (χ4n) is 3.20. The van der Waals surface area contributed by atoms with Crippen molar-refractivity contribution in [3.8, 4) is 0 Å². The van der Waals surface area contributed by atoms with Crippen molar-refractivity contribution >= 4 is 22.4 Å². The number of rotatable bonds is 4. The number of sulfonamides is 1. The van der Waals surface area contributed by atoms with Crippen molar-refractivity contribution in [1.29, 1.82) is 0 Å². The minimum absolute atomic E-state index is 0. The summed E-state index contributed by atoms with van der Waals surface area (Å²) in [4.78, 5) is 0. The largest absolute Gasteiger partial charge is 0.328 e. The van der Waals surface area contributed by atoms with E-state index in [1.165, 1.54) is 19.3 Å². The zero-order valence-corrected chi connectivity index (χ0v) is 13.1. The van der Waals surface area contributed by atoms with Gasteiger partial charge in [-0.05, 0) is 44.4 Å². The third-order valence-corrected chi connectivity index (χ3v) is 5.90. The molecule has 0 aromatic rings. The second-order valence-electron chi connectivity index (χ2n) is 6.02. The van der Waals surface area contributed by atoms with Crippen molar-refractivity contribution in [1.82, 2.24) is 4.72 Å². The molecule has 2 rings (SSSR count). The molecule has 4 nitrogen and oxygen atoms in total. The molecular formula is C13H27ClN2O2S. The van der Waals surface area contributed by atoms with E-state index in [0.29, 0.717) is 11.7 Å². The molecule has 114 valence electrons. The molecule has 2 aliphatic rings. The molecule has 0 aliphatic heterocycles. The lowest BCUT2D eigenvalue weighted by Crippen LogP contribution is -2.42. The second kappa shape index (κ2) is 7.81. The van der Waals surface area contributed by atoms with Crippen LogP contribution in [0.25, 0.3) is 0 Å². The van der Waals surface area contributed by atoms with E-state index in [2.05, 4.69) is 4.72 Å². The normalized spacial score (nSPS) is 29.7. The first-order valence-corrected chi connectivity index (χ1v) is 8.96. The Morgan fingerprint density at radius 2 is 1.53 bits per heavy atom. The summed E-state index contributed by atoms with van der Waals surface area (Å²) in [6, 6.07) is 0.391. The van der Waals surface area contributed by atoms with Crippen LogP contribution in [0.5, 0.6) is 0 Å². The lowest BCUT2D eigenvalue weighted by Gasteiger charge is -2.28. The van der Waals surface area contributed by atoms with Gasteiger partial charge in [-0.2, -0.15) is 0 Å². The third-order valence-electron chi connectivity index (χ3n) is 4.30. The average Bonchev–Trinajstić information content (AvgIpc) is 2.32. The molecule has 0 atom stereocenters. The van der Waals surface area contributed by atoms with E-state index in [4.69, 9.17) is 5.73 Å². The van der Waals surface area contributed by atoms with Gasteiger partial charge in [0.25, 0.3) is 0 Å². The van der Waals surface area contributed by atoms with Crippen molar-refractivity contribution < 1.29 is 8.42 Å². The topological polar surface area (TPSA) is 72.2 Å². The molecule has 0 unspecified atom stereocenters. The van der Waals surface area contributed by atoms with Gasteiger partial charge in [0.1, 0.15) is 0 Å². The average molecular weight is 311 g/mol. The molecule has 0 aromatic heterocycles. The molecule has 0 radical (unpaired) electrons. The molecule has 0 bridgehead atoms. The van der Waals surface area contributed by atoms with Gasteiger partial charge in [-0.3, -0.25) is 0 Å². The molecule has 0 aromatic carbocycles. The third kappa shape index (κ3) is 5.98. The van der Waals surface area contributed by atoms with Crippen molar-refractivity contribution in [3.05, 3.63) is 0 Å². The van der Waals surface area contributed by atoms with Gasteiger partial charge in [-0.1, -0.05) is 19.3 Å². The Labute approximate surface area is 123 Å². The number of nitrogens with one attached hydrogen (secondary N) is 1. The predicted octanol–water partition coefficient (Wildman–Crippen LogP) is 2.18. The first-order valence-electron chi connectivity index (χ1n) is 7.31. The van der Waals surface area contributed by atoms with E-state index in [0.717, 1.165) is 38.5 Å². The molecule has 6 heteroatoms. The quantitative estimate of drug-likeness (QED) is 0.836. The highest BCUT2D eigenvalue weighted by atomic mass is 35.5. The van der Waals surface area contributed by atoms with Crippen LogP contribution in [-0.2, 0) is 10.0 Å². The van der Waals surface area contributed by atoms with Gasteiger partial charge in [-0.25, -0.2) is 13.1 Å². The van der Waals surface area contributed by atoms with Gasteiger partial charge < -0.3 is 5.73 Å². The predicted molar refractivity (Wildman–Crippen MR) is 81.0 cm³/mol. The van der Waals surface area contributed by atoms with Crippen molar-refractivity contribution in [2.75, 3.05) is 5.75 Å². The summed E-state index contributed by atoms with van der Waals surface area (Å²) < 4.78 is 27.1. The molecule has 19 heavy (non-hydrogen) atoms. The van der Waals surface area contributed by atoms with Crippen LogP contribution in [0.3, 0.4) is 0 Å². The van der Waals surface area contributed by atoms with Crippen LogP contribution in [0, 0.1) is 5.92 Å². The zero-order chi connectivity index (χ0) is 13.0. The van der Waals surface area contributed by atoms with E-state index >= 15 is 0 Å². The SMILES string of the molecule is Cl.NC1CCC(NS(=O)(=O)CC2CCCCC2)CC1. The number of nitrogens with two attached hydrogens (primary N) is 1. The lowest BCUT2D eigenvalue weighted by atomic mass is 9.91. The smallest absolute Gasteiger partial charge is 0.212 e. The van der Waals surface area contributed by atoms with E-state index in [9.17, 15) is 8.42 Å². The van der Waals surface area contributed by atoms with E-state index in [1.807, 2.05) is 0 Å². The van der Waals surface area contributed by atoms with Crippen LogP contribution in [0.1, 0.15) is 57.8 Å². The zero-order valence-electron chi connectivity index (χ0n) is 11.5. The van der Waals surface area contributed by atoms with Crippen LogP contribution in [0.2, 0.25) is 0 Å². The monoisotopic (exact) mass is 310 g/mol. The van der Waals surface area contributed by atoms with E-state index < -0.39 is 10.0 Å². The first-order chi connectivity index (χ1) is 8.55. The Balaban J connectivity index is 0.00000180. The van der Waals surface area contributed by atoms with Gasteiger partial charge in [-0.15, -0.1) is 12.4 Å². The van der Waals surface area contributed by atoms with Gasteiger partial charge in [0, 0.05) is 12.1 Å². The second-order valence-corrected chi connectivity index (χ2v) is 7.81. The molecule has 0 amide bonds. The van der Waals surface area contributed by atoms with Crippen molar-refractivity contribution in [3.63, 3.8) is 0 Å². The maximum atomic E-state index is 12.1. The maximum absolute atomic E-state index is 12.1. The highest BCUT2D eigenvalue weighted by Crippen LogP contribution is 2.25. The number of halogens is 1. The fraction of sp³-hybridized carbons (Fsp3) is 1.00. The summed E-state index contributed by atoms with van der Waals surface area (Å²) in [6.07, 6.45) is 9.48. The molecule has 0 heterocycles. The Morgan fingerprint density at radius 3 is 2.11 bits per heavy atom. The van der Waals surface area contributed by atoms with Crippen LogP contribution in [0.15, 0.2) is 0 Å². The number of hydrogen-bond acceptors (Lipinski definition) is 3. The summed E-state index contributed by atoms with van der Waals surface area (Å²) >= 11 is 0. The lowest BCUT2D eigenvalue weighted by molar-refractivity contribution is 0.364. The molecule has 0 saturated heterocycles. The minimum atomic E-state index is -3.09. The summed E-state index contributed by atoms with van der Waals surface area (Å²) in [5, 5.41) is 0. The molecular weight excluding hydrogens is 284 g/mol. The van der Waals surface area contributed by atoms with Gasteiger partial charge in [0.05, 0.1) is 5.75 Å². The van der Waals surface area contributed by atoms with Crippen LogP contribution in [0.4, 0.5) is 0 Å². The van der Waals surface area contributed by atoms with Crippen molar-refractivity contribution in [2.45, 2.75) is 69.9 Å². The van der Waals surface area contributed by atoms with Crippen LogP contribution >= 0.6 is 12.4 Å². The number of hydrogen-bond donors (Lipinski definition) is 2. The summed E-state index contributed by atoms with van der Waals surface area (Å²) in [7, 11) is -3.09.